The summed E-state index contributed by atoms with van der Waals surface area (Å²) in [6, 6.07) is -0.520. The zero-order chi connectivity index (χ0) is 12.9. The molecule has 0 atom stereocenters. The van der Waals surface area contributed by atoms with E-state index >= 15 is 0 Å². The number of nitrogens with one attached hydrogen (secondary N) is 1. The van der Waals surface area contributed by atoms with Gasteiger partial charge in [0.25, 0.3) is 0 Å². The van der Waals surface area contributed by atoms with E-state index in [1.54, 1.807) is 14.0 Å². The summed E-state index contributed by atoms with van der Waals surface area (Å²) in [7, 11) is 1.55. The summed E-state index contributed by atoms with van der Waals surface area (Å²) >= 11 is 0. The fraction of sp³-hybridized carbons (Fsp3) is 0.700. The molecule has 3 amide bonds. The third kappa shape index (κ3) is 4.29. The number of carboxylic acid groups (broad SMARTS) is 1. The Labute approximate surface area is 94.6 Å². The predicted octanol–water partition coefficient (Wildman–Crippen LogP) is 0.675. The molecule has 6 heteroatoms. The number of rotatable bonds is 4. The van der Waals surface area contributed by atoms with E-state index in [9.17, 15) is 14.4 Å². The van der Waals surface area contributed by atoms with Crippen LogP contribution in [-0.4, -0.2) is 41.5 Å². The molecule has 16 heavy (non-hydrogen) atoms. The molecular formula is C10H18N2O4. The first kappa shape index (κ1) is 14.4. The highest BCUT2D eigenvalue weighted by Gasteiger charge is 2.30. The fourth-order valence-corrected chi connectivity index (χ4v) is 0.880. The molecule has 0 aliphatic carbocycles. The number of carbonyl (C=O) groups is 3. The molecule has 0 unspecified atom stereocenters. The Bertz CT molecular complexity index is 299. The van der Waals surface area contributed by atoms with Gasteiger partial charge >= 0.3 is 12.0 Å². The van der Waals surface area contributed by atoms with Crippen molar-refractivity contribution in [2.75, 3.05) is 13.6 Å². The van der Waals surface area contributed by atoms with Gasteiger partial charge in [0, 0.05) is 20.0 Å². The van der Waals surface area contributed by atoms with Gasteiger partial charge in [-0.25, -0.2) is 4.79 Å². The monoisotopic (exact) mass is 230 g/mol. The minimum absolute atomic E-state index is 0.231. The van der Waals surface area contributed by atoms with Crippen LogP contribution in [0.2, 0.25) is 0 Å². The number of hydrogen-bond acceptors (Lipinski definition) is 3. The maximum absolute atomic E-state index is 11.4. The number of hydrogen-bond donors (Lipinski definition) is 2. The van der Waals surface area contributed by atoms with Crippen molar-refractivity contribution in [2.45, 2.75) is 27.2 Å². The number of carboxylic acids is 1. The largest absolute Gasteiger partial charge is 0.481 e. The highest BCUT2D eigenvalue weighted by atomic mass is 16.4. The molecule has 2 N–H and O–H groups in total. The first-order valence-electron chi connectivity index (χ1n) is 4.99. The van der Waals surface area contributed by atoms with Gasteiger partial charge in [0.1, 0.15) is 0 Å². The van der Waals surface area contributed by atoms with Gasteiger partial charge in [0.15, 0.2) is 0 Å². The Morgan fingerprint density at radius 3 is 2.19 bits per heavy atom. The number of nitrogens with zero attached hydrogens (tertiary/aromatic N) is 1. The van der Waals surface area contributed by atoms with Crippen LogP contribution in [0.3, 0.4) is 0 Å². The molecule has 0 aromatic rings. The quantitative estimate of drug-likeness (QED) is 0.743. The van der Waals surface area contributed by atoms with Crippen molar-refractivity contribution in [1.82, 2.24) is 10.2 Å². The van der Waals surface area contributed by atoms with Crippen LogP contribution in [0.25, 0.3) is 0 Å². The van der Waals surface area contributed by atoms with Gasteiger partial charge in [-0.05, 0) is 20.8 Å². The molecule has 0 spiro atoms. The van der Waals surface area contributed by atoms with Gasteiger partial charge < -0.3 is 10.0 Å². The minimum atomic E-state index is -1.17. The molecular weight excluding hydrogens is 212 g/mol. The summed E-state index contributed by atoms with van der Waals surface area (Å²) in [6.07, 6.45) is -0.231. The van der Waals surface area contributed by atoms with Gasteiger partial charge in [-0.15, -0.1) is 0 Å². The minimum Gasteiger partial charge on any atom is -0.481 e. The molecule has 6 nitrogen and oxygen atoms in total. The first-order valence-corrected chi connectivity index (χ1v) is 4.99. The summed E-state index contributed by atoms with van der Waals surface area (Å²) in [5, 5.41) is 10.9. The standard InChI is InChI=1S/C10H18N2O4/c1-5-12(4)9(16)11-7(13)6-10(2,3)8(14)15/h5-6H2,1-4H3,(H,14,15)(H,11,13,16). The summed E-state index contributed by atoms with van der Waals surface area (Å²) in [5.41, 5.74) is -1.17. The van der Waals surface area contributed by atoms with Crippen molar-refractivity contribution in [3.05, 3.63) is 0 Å². The maximum atomic E-state index is 11.4. The van der Waals surface area contributed by atoms with Gasteiger partial charge in [-0.1, -0.05) is 0 Å². The number of urea groups is 1. The van der Waals surface area contributed by atoms with Crippen LogP contribution in [0.1, 0.15) is 27.2 Å². The van der Waals surface area contributed by atoms with Crippen LogP contribution in [0.15, 0.2) is 0 Å². The average Bonchev–Trinajstić information content (AvgIpc) is 2.14. The van der Waals surface area contributed by atoms with Crippen molar-refractivity contribution < 1.29 is 19.5 Å². The second kappa shape index (κ2) is 5.48. The second-order valence-electron chi connectivity index (χ2n) is 4.23. The number of imide groups is 1. The van der Waals surface area contributed by atoms with Crippen molar-refractivity contribution in [2.24, 2.45) is 5.41 Å². The smallest absolute Gasteiger partial charge is 0.323 e. The van der Waals surface area contributed by atoms with E-state index in [2.05, 4.69) is 5.32 Å². The number of amides is 3. The first-order chi connectivity index (χ1) is 7.20. The van der Waals surface area contributed by atoms with Crippen molar-refractivity contribution in [3.8, 4) is 0 Å². The van der Waals surface area contributed by atoms with Gasteiger partial charge in [0.2, 0.25) is 5.91 Å². The highest BCUT2D eigenvalue weighted by molar-refractivity contribution is 5.96. The second-order valence-corrected chi connectivity index (χ2v) is 4.23. The van der Waals surface area contributed by atoms with Crippen molar-refractivity contribution in [3.63, 3.8) is 0 Å². The predicted molar refractivity (Wildman–Crippen MR) is 57.9 cm³/mol. The van der Waals surface area contributed by atoms with Crippen LogP contribution in [0.4, 0.5) is 4.79 Å². The molecule has 92 valence electrons. The Morgan fingerprint density at radius 1 is 1.31 bits per heavy atom. The van der Waals surface area contributed by atoms with E-state index in [-0.39, 0.29) is 6.42 Å². The topological polar surface area (TPSA) is 86.7 Å². The Balaban J connectivity index is 4.30. The summed E-state index contributed by atoms with van der Waals surface area (Å²) in [5.74, 6) is -1.66. The number of carbonyl (C=O) groups excluding carboxylic acids is 2. The third-order valence-electron chi connectivity index (χ3n) is 2.25. The molecule has 0 heterocycles. The lowest BCUT2D eigenvalue weighted by atomic mass is 9.89. The molecule has 0 saturated carbocycles. The van der Waals surface area contributed by atoms with Gasteiger partial charge in [0.05, 0.1) is 5.41 Å². The van der Waals surface area contributed by atoms with Crippen LogP contribution >= 0.6 is 0 Å². The normalized spacial score (nSPS) is 10.8. The van der Waals surface area contributed by atoms with E-state index in [0.29, 0.717) is 6.54 Å². The van der Waals surface area contributed by atoms with Gasteiger partial charge in [-0.3, -0.25) is 14.9 Å². The number of aliphatic carboxylic acids is 1. The van der Waals surface area contributed by atoms with Crippen LogP contribution in [0, 0.1) is 5.41 Å². The Morgan fingerprint density at radius 2 is 1.81 bits per heavy atom. The Kier molecular flexibility index (Phi) is 4.94. The summed E-state index contributed by atoms with van der Waals surface area (Å²) in [6.45, 7) is 5.11. The molecule has 0 saturated heterocycles. The van der Waals surface area contributed by atoms with Gasteiger partial charge in [-0.2, -0.15) is 0 Å². The van der Waals surface area contributed by atoms with E-state index in [1.807, 2.05) is 0 Å². The summed E-state index contributed by atoms with van der Waals surface area (Å²) < 4.78 is 0. The zero-order valence-electron chi connectivity index (χ0n) is 10.0. The molecule has 0 fully saturated rings. The Hall–Kier alpha value is -1.59. The molecule has 0 aromatic heterocycles. The molecule has 0 aliphatic rings. The SMILES string of the molecule is CCN(C)C(=O)NC(=O)CC(C)(C)C(=O)O. The van der Waals surface area contributed by atoms with E-state index in [4.69, 9.17) is 5.11 Å². The molecule has 0 bridgehead atoms. The fourth-order valence-electron chi connectivity index (χ4n) is 0.880. The molecule has 0 radical (unpaired) electrons. The lowest BCUT2D eigenvalue weighted by Crippen LogP contribution is -2.42. The summed E-state index contributed by atoms with van der Waals surface area (Å²) in [4.78, 5) is 34.7. The van der Waals surface area contributed by atoms with Crippen molar-refractivity contribution in [1.29, 1.82) is 0 Å². The molecule has 0 aromatic carbocycles. The molecule has 0 aliphatic heterocycles. The van der Waals surface area contributed by atoms with Crippen LogP contribution in [0.5, 0.6) is 0 Å². The third-order valence-corrected chi connectivity index (χ3v) is 2.25. The van der Waals surface area contributed by atoms with Crippen LogP contribution in [-0.2, 0) is 9.59 Å². The van der Waals surface area contributed by atoms with Crippen molar-refractivity contribution >= 4 is 17.9 Å². The zero-order valence-corrected chi connectivity index (χ0v) is 10.0. The lowest BCUT2D eigenvalue weighted by molar-refractivity contribution is -0.149. The van der Waals surface area contributed by atoms with Crippen LogP contribution < -0.4 is 5.32 Å². The van der Waals surface area contributed by atoms with E-state index in [0.717, 1.165) is 0 Å². The van der Waals surface area contributed by atoms with E-state index < -0.39 is 23.3 Å². The maximum Gasteiger partial charge on any atom is 0.323 e. The van der Waals surface area contributed by atoms with E-state index in [1.165, 1.54) is 18.7 Å². The molecule has 0 rings (SSSR count). The highest BCUT2D eigenvalue weighted by Crippen LogP contribution is 2.19. The average molecular weight is 230 g/mol. The lowest BCUT2D eigenvalue weighted by Gasteiger charge is -2.19.